The molecular weight excluding hydrogens is 330 g/mol. The van der Waals surface area contributed by atoms with E-state index in [2.05, 4.69) is 10.2 Å². The van der Waals surface area contributed by atoms with Crippen molar-refractivity contribution in [1.82, 2.24) is 4.90 Å². The number of ether oxygens (including phenoxy) is 1. The molecule has 1 N–H and O–H groups in total. The SMILES string of the molecule is O=C(CCl)Nc1ccc(N2CCOCC2)c(C(=O)N2CCCC2)c1. The second kappa shape index (κ2) is 7.85. The third-order valence-electron chi connectivity index (χ3n) is 4.38. The first kappa shape index (κ1) is 17.0. The van der Waals surface area contributed by atoms with E-state index in [0.29, 0.717) is 24.5 Å². The van der Waals surface area contributed by atoms with Crippen molar-refractivity contribution < 1.29 is 14.3 Å². The summed E-state index contributed by atoms with van der Waals surface area (Å²) in [7, 11) is 0. The smallest absolute Gasteiger partial charge is 0.256 e. The van der Waals surface area contributed by atoms with Crippen molar-refractivity contribution in [2.24, 2.45) is 0 Å². The number of halogens is 1. The number of carbonyl (C=O) groups excluding carboxylic acids is 2. The Morgan fingerprint density at radius 2 is 1.83 bits per heavy atom. The molecule has 3 rings (SSSR count). The molecule has 1 aromatic carbocycles. The molecule has 0 aromatic heterocycles. The molecule has 0 spiro atoms. The molecule has 2 aliphatic heterocycles. The van der Waals surface area contributed by atoms with Gasteiger partial charge in [0.2, 0.25) is 5.91 Å². The van der Waals surface area contributed by atoms with E-state index in [1.165, 1.54) is 0 Å². The van der Waals surface area contributed by atoms with Gasteiger partial charge in [-0.3, -0.25) is 9.59 Å². The summed E-state index contributed by atoms with van der Waals surface area (Å²) < 4.78 is 5.40. The minimum atomic E-state index is -0.282. The summed E-state index contributed by atoms with van der Waals surface area (Å²) in [4.78, 5) is 28.5. The Bertz CT molecular complexity index is 611. The molecule has 1 aromatic rings. The first-order chi connectivity index (χ1) is 11.7. The Morgan fingerprint density at radius 3 is 2.50 bits per heavy atom. The van der Waals surface area contributed by atoms with Gasteiger partial charge in [0.1, 0.15) is 5.88 Å². The van der Waals surface area contributed by atoms with E-state index in [9.17, 15) is 9.59 Å². The summed E-state index contributed by atoms with van der Waals surface area (Å²) in [6, 6.07) is 5.48. The molecular formula is C17H22ClN3O3. The lowest BCUT2D eigenvalue weighted by Crippen LogP contribution is -2.38. The Morgan fingerprint density at radius 1 is 1.12 bits per heavy atom. The molecule has 2 aliphatic rings. The molecule has 6 nitrogen and oxygen atoms in total. The molecule has 0 saturated carbocycles. The Hall–Kier alpha value is -1.79. The van der Waals surface area contributed by atoms with Gasteiger partial charge in [-0.2, -0.15) is 0 Å². The molecule has 2 amide bonds. The van der Waals surface area contributed by atoms with Crippen LogP contribution >= 0.6 is 11.6 Å². The van der Waals surface area contributed by atoms with Crippen LogP contribution in [0.1, 0.15) is 23.2 Å². The highest BCUT2D eigenvalue weighted by atomic mass is 35.5. The van der Waals surface area contributed by atoms with Crippen LogP contribution in [0, 0.1) is 0 Å². The maximum atomic E-state index is 12.9. The van der Waals surface area contributed by atoms with Crippen molar-refractivity contribution >= 4 is 34.8 Å². The predicted octanol–water partition coefficient (Wildman–Crippen LogP) is 1.94. The summed E-state index contributed by atoms with van der Waals surface area (Å²) in [5.74, 6) is -0.369. The minimum absolute atomic E-state index is 0.0240. The van der Waals surface area contributed by atoms with Crippen molar-refractivity contribution in [1.29, 1.82) is 0 Å². The molecule has 24 heavy (non-hydrogen) atoms. The lowest BCUT2D eigenvalue weighted by Gasteiger charge is -2.31. The number of amides is 2. The van der Waals surface area contributed by atoms with Gasteiger partial charge in [0.15, 0.2) is 0 Å². The van der Waals surface area contributed by atoms with Crippen molar-refractivity contribution in [3.05, 3.63) is 23.8 Å². The molecule has 0 aliphatic carbocycles. The molecule has 2 heterocycles. The van der Waals surface area contributed by atoms with Crippen LogP contribution in [0.4, 0.5) is 11.4 Å². The van der Waals surface area contributed by atoms with E-state index in [1.807, 2.05) is 17.0 Å². The van der Waals surface area contributed by atoms with Gasteiger partial charge in [-0.15, -0.1) is 11.6 Å². The van der Waals surface area contributed by atoms with Crippen molar-refractivity contribution in [3.63, 3.8) is 0 Å². The van der Waals surface area contributed by atoms with E-state index in [4.69, 9.17) is 16.3 Å². The van der Waals surface area contributed by atoms with Gasteiger partial charge in [0.05, 0.1) is 18.8 Å². The van der Waals surface area contributed by atoms with Gasteiger partial charge < -0.3 is 19.9 Å². The number of anilines is 2. The third kappa shape index (κ3) is 3.82. The zero-order chi connectivity index (χ0) is 16.9. The number of likely N-dealkylation sites (tertiary alicyclic amines) is 1. The third-order valence-corrected chi connectivity index (χ3v) is 4.62. The van der Waals surface area contributed by atoms with Gasteiger partial charge in [-0.1, -0.05) is 0 Å². The van der Waals surface area contributed by atoms with Gasteiger partial charge in [0, 0.05) is 37.6 Å². The minimum Gasteiger partial charge on any atom is -0.378 e. The lowest BCUT2D eigenvalue weighted by molar-refractivity contribution is -0.113. The number of hydrogen-bond acceptors (Lipinski definition) is 4. The van der Waals surface area contributed by atoms with Crippen LogP contribution in [-0.4, -0.2) is 62.0 Å². The predicted molar refractivity (Wildman–Crippen MR) is 94.0 cm³/mol. The summed E-state index contributed by atoms with van der Waals surface area (Å²) in [6.45, 7) is 4.41. The number of nitrogens with one attached hydrogen (secondary N) is 1. The number of morpholine rings is 1. The van der Waals surface area contributed by atoms with Gasteiger partial charge in [-0.05, 0) is 31.0 Å². The Labute approximate surface area is 146 Å². The maximum Gasteiger partial charge on any atom is 0.256 e. The number of rotatable bonds is 4. The standard InChI is InChI=1S/C17H22ClN3O3/c18-12-16(22)19-13-3-4-15(20-7-9-24-10-8-20)14(11-13)17(23)21-5-1-2-6-21/h3-4,11H,1-2,5-10,12H2,(H,19,22). The average Bonchev–Trinajstić information content (AvgIpc) is 3.16. The number of nitrogens with zero attached hydrogens (tertiary/aromatic N) is 2. The summed E-state index contributed by atoms with van der Waals surface area (Å²) in [5, 5.41) is 2.72. The second-order valence-electron chi connectivity index (χ2n) is 6.01. The van der Waals surface area contributed by atoms with E-state index in [0.717, 1.165) is 44.7 Å². The highest BCUT2D eigenvalue weighted by Crippen LogP contribution is 2.28. The average molecular weight is 352 g/mol. The molecule has 0 radical (unpaired) electrons. The molecule has 0 bridgehead atoms. The van der Waals surface area contributed by atoms with E-state index < -0.39 is 0 Å². The van der Waals surface area contributed by atoms with Crippen molar-refractivity contribution in [2.45, 2.75) is 12.8 Å². The molecule has 7 heteroatoms. The highest BCUT2D eigenvalue weighted by molar-refractivity contribution is 6.29. The molecule has 0 unspecified atom stereocenters. The fourth-order valence-corrected chi connectivity index (χ4v) is 3.22. The summed E-state index contributed by atoms with van der Waals surface area (Å²) in [5.41, 5.74) is 2.13. The largest absolute Gasteiger partial charge is 0.378 e. The van der Waals surface area contributed by atoms with E-state index >= 15 is 0 Å². The fraction of sp³-hybridized carbons (Fsp3) is 0.529. The van der Waals surface area contributed by atoms with Gasteiger partial charge in [0.25, 0.3) is 5.91 Å². The first-order valence-electron chi connectivity index (χ1n) is 8.31. The van der Waals surface area contributed by atoms with Crippen LogP contribution in [0.25, 0.3) is 0 Å². The molecule has 2 saturated heterocycles. The van der Waals surface area contributed by atoms with Gasteiger partial charge >= 0.3 is 0 Å². The number of carbonyl (C=O) groups is 2. The normalized spacial score (nSPS) is 17.9. The second-order valence-corrected chi connectivity index (χ2v) is 6.28. The highest BCUT2D eigenvalue weighted by Gasteiger charge is 2.25. The molecule has 130 valence electrons. The zero-order valence-electron chi connectivity index (χ0n) is 13.6. The Balaban J connectivity index is 1.91. The quantitative estimate of drug-likeness (QED) is 0.842. The van der Waals surface area contributed by atoms with Crippen LogP contribution < -0.4 is 10.2 Å². The maximum absolute atomic E-state index is 12.9. The van der Waals surface area contributed by atoms with Crippen molar-refractivity contribution in [2.75, 3.05) is 55.5 Å². The summed E-state index contributed by atoms with van der Waals surface area (Å²) in [6.07, 6.45) is 2.09. The van der Waals surface area contributed by atoms with Crippen LogP contribution in [0.15, 0.2) is 18.2 Å². The number of alkyl halides is 1. The topological polar surface area (TPSA) is 61.9 Å². The Kier molecular flexibility index (Phi) is 5.58. The molecule has 0 atom stereocenters. The summed E-state index contributed by atoms with van der Waals surface area (Å²) >= 11 is 5.55. The van der Waals surface area contributed by atoms with Crippen LogP contribution in [0.2, 0.25) is 0 Å². The first-order valence-corrected chi connectivity index (χ1v) is 8.84. The van der Waals surface area contributed by atoms with Crippen LogP contribution in [0.5, 0.6) is 0 Å². The number of benzene rings is 1. The van der Waals surface area contributed by atoms with Gasteiger partial charge in [-0.25, -0.2) is 0 Å². The van der Waals surface area contributed by atoms with E-state index in [-0.39, 0.29) is 17.7 Å². The van der Waals surface area contributed by atoms with E-state index in [1.54, 1.807) is 6.07 Å². The van der Waals surface area contributed by atoms with Crippen molar-refractivity contribution in [3.8, 4) is 0 Å². The fourth-order valence-electron chi connectivity index (χ4n) is 3.15. The van der Waals surface area contributed by atoms with Crippen LogP contribution in [-0.2, 0) is 9.53 Å². The zero-order valence-corrected chi connectivity index (χ0v) is 14.3. The van der Waals surface area contributed by atoms with Crippen LogP contribution in [0.3, 0.4) is 0 Å². The lowest BCUT2D eigenvalue weighted by atomic mass is 10.1. The number of hydrogen-bond donors (Lipinski definition) is 1. The molecule has 2 fully saturated rings. The monoisotopic (exact) mass is 351 g/mol.